The van der Waals surface area contributed by atoms with Crippen molar-refractivity contribution in [2.75, 3.05) is 39.4 Å². The first-order valence-electron chi connectivity index (χ1n) is 7.54. The van der Waals surface area contributed by atoms with Crippen LogP contribution < -0.4 is 5.32 Å². The molecule has 2 heterocycles. The molecule has 23 heavy (non-hydrogen) atoms. The third-order valence-electron chi connectivity index (χ3n) is 3.70. The third kappa shape index (κ3) is 3.94. The largest absolute Gasteiger partial charge is 0.379 e. The van der Waals surface area contributed by atoms with Crippen molar-refractivity contribution >= 4 is 5.91 Å². The first-order chi connectivity index (χ1) is 11.2. The highest BCUT2D eigenvalue weighted by Crippen LogP contribution is 2.21. The molecule has 1 aromatic carbocycles. The minimum Gasteiger partial charge on any atom is -0.379 e. The summed E-state index contributed by atoms with van der Waals surface area (Å²) < 4.78 is 24.0. The van der Waals surface area contributed by atoms with Gasteiger partial charge in [-0.15, -0.1) is 0 Å². The topological polar surface area (TPSA) is 67.6 Å². The van der Waals surface area contributed by atoms with Gasteiger partial charge in [0, 0.05) is 37.8 Å². The molecule has 0 saturated carbocycles. The second-order valence-corrected chi connectivity index (χ2v) is 5.27. The van der Waals surface area contributed by atoms with Crippen molar-refractivity contribution in [3.63, 3.8) is 0 Å². The predicted octanol–water partition coefficient (Wildman–Crippen LogP) is 1.54. The highest BCUT2D eigenvalue weighted by molar-refractivity contribution is 5.92. The number of hydrogen-bond acceptors (Lipinski definition) is 5. The summed E-state index contributed by atoms with van der Waals surface area (Å²) in [5, 5.41) is 6.54. The van der Waals surface area contributed by atoms with E-state index in [4.69, 9.17) is 9.26 Å². The maximum absolute atomic E-state index is 13.7. The highest BCUT2D eigenvalue weighted by atomic mass is 19.1. The third-order valence-corrected chi connectivity index (χ3v) is 3.70. The lowest BCUT2D eigenvalue weighted by Gasteiger charge is -2.26. The number of morpholine rings is 1. The van der Waals surface area contributed by atoms with Crippen LogP contribution in [0.1, 0.15) is 10.6 Å². The van der Waals surface area contributed by atoms with Crippen LogP contribution in [0.25, 0.3) is 11.3 Å². The molecule has 2 aromatic rings. The number of hydrogen-bond donors (Lipinski definition) is 1. The van der Waals surface area contributed by atoms with Gasteiger partial charge in [-0.3, -0.25) is 9.69 Å². The van der Waals surface area contributed by atoms with E-state index in [0.717, 1.165) is 32.8 Å². The molecule has 1 aliphatic heterocycles. The number of carbonyl (C=O) groups is 1. The molecule has 1 amide bonds. The summed E-state index contributed by atoms with van der Waals surface area (Å²) in [4.78, 5) is 14.3. The van der Waals surface area contributed by atoms with Gasteiger partial charge >= 0.3 is 0 Å². The van der Waals surface area contributed by atoms with Gasteiger partial charge in [0.1, 0.15) is 11.5 Å². The monoisotopic (exact) mass is 319 g/mol. The van der Waals surface area contributed by atoms with E-state index >= 15 is 0 Å². The second kappa shape index (κ2) is 7.34. The van der Waals surface area contributed by atoms with Crippen molar-refractivity contribution < 1.29 is 18.4 Å². The standard InChI is InChI=1S/C16H18FN3O3/c17-13-4-2-1-3-12(13)14-11-15(23-19-14)16(21)18-5-6-20-7-9-22-10-8-20/h1-4,11H,5-10H2,(H,18,21). The van der Waals surface area contributed by atoms with Gasteiger partial charge in [-0.05, 0) is 12.1 Å². The van der Waals surface area contributed by atoms with Gasteiger partial charge in [-0.2, -0.15) is 0 Å². The van der Waals surface area contributed by atoms with Crippen LogP contribution in [-0.2, 0) is 4.74 Å². The minimum atomic E-state index is -0.403. The van der Waals surface area contributed by atoms with Crippen molar-refractivity contribution in [3.05, 3.63) is 41.9 Å². The summed E-state index contributed by atoms with van der Waals surface area (Å²) in [6, 6.07) is 7.68. The maximum Gasteiger partial charge on any atom is 0.289 e. The van der Waals surface area contributed by atoms with E-state index in [0.29, 0.717) is 17.8 Å². The fourth-order valence-electron chi connectivity index (χ4n) is 2.42. The molecule has 1 aliphatic rings. The van der Waals surface area contributed by atoms with Crippen molar-refractivity contribution in [1.82, 2.24) is 15.4 Å². The van der Waals surface area contributed by atoms with Gasteiger partial charge in [-0.25, -0.2) is 4.39 Å². The molecular weight excluding hydrogens is 301 g/mol. The van der Waals surface area contributed by atoms with Crippen molar-refractivity contribution in [2.24, 2.45) is 0 Å². The van der Waals surface area contributed by atoms with E-state index in [1.165, 1.54) is 12.1 Å². The maximum atomic E-state index is 13.7. The Balaban J connectivity index is 1.55. The first kappa shape index (κ1) is 15.6. The van der Waals surface area contributed by atoms with E-state index in [-0.39, 0.29) is 11.7 Å². The second-order valence-electron chi connectivity index (χ2n) is 5.27. The van der Waals surface area contributed by atoms with E-state index in [9.17, 15) is 9.18 Å². The number of benzene rings is 1. The molecule has 0 atom stereocenters. The predicted molar refractivity (Wildman–Crippen MR) is 81.5 cm³/mol. The number of ether oxygens (including phenoxy) is 1. The summed E-state index contributed by atoms with van der Waals surface area (Å²) in [6.45, 7) is 4.45. The molecule has 0 bridgehead atoms. The van der Waals surface area contributed by atoms with Gasteiger partial charge < -0.3 is 14.6 Å². The average molecular weight is 319 g/mol. The Kier molecular flexibility index (Phi) is 4.99. The Morgan fingerprint density at radius 2 is 2.09 bits per heavy atom. The molecule has 1 N–H and O–H groups in total. The normalized spacial score (nSPS) is 15.5. The van der Waals surface area contributed by atoms with Crippen LogP contribution in [0.4, 0.5) is 4.39 Å². The molecule has 7 heteroatoms. The van der Waals surface area contributed by atoms with Crippen LogP contribution in [0.3, 0.4) is 0 Å². The molecule has 1 saturated heterocycles. The highest BCUT2D eigenvalue weighted by Gasteiger charge is 2.16. The fraction of sp³-hybridized carbons (Fsp3) is 0.375. The Morgan fingerprint density at radius 1 is 1.30 bits per heavy atom. The number of aromatic nitrogens is 1. The molecule has 1 fully saturated rings. The molecule has 0 spiro atoms. The van der Waals surface area contributed by atoms with Crippen LogP contribution in [0, 0.1) is 5.82 Å². The molecule has 6 nitrogen and oxygen atoms in total. The van der Waals surface area contributed by atoms with E-state index in [1.807, 2.05) is 0 Å². The quantitative estimate of drug-likeness (QED) is 0.905. The average Bonchev–Trinajstić information content (AvgIpc) is 3.06. The van der Waals surface area contributed by atoms with Gasteiger partial charge in [0.25, 0.3) is 5.91 Å². The fourth-order valence-corrected chi connectivity index (χ4v) is 2.42. The Morgan fingerprint density at radius 3 is 2.87 bits per heavy atom. The molecule has 0 radical (unpaired) electrons. The summed E-state index contributed by atoms with van der Waals surface area (Å²) >= 11 is 0. The lowest BCUT2D eigenvalue weighted by molar-refractivity contribution is 0.0382. The van der Waals surface area contributed by atoms with Gasteiger partial charge in [0.15, 0.2) is 0 Å². The lowest BCUT2D eigenvalue weighted by atomic mass is 10.1. The summed E-state index contributed by atoms with van der Waals surface area (Å²) in [5.41, 5.74) is 0.616. The van der Waals surface area contributed by atoms with Crippen molar-refractivity contribution in [2.45, 2.75) is 0 Å². The Labute approximate surface area is 133 Å². The smallest absolute Gasteiger partial charge is 0.289 e. The zero-order valence-corrected chi connectivity index (χ0v) is 12.6. The van der Waals surface area contributed by atoms with E-state index in [2.05, 4.69) is 15.4 Å². The van der Waals surface area contributed by atoms with Crippen molar-refractivity contribution in [1.29, 1.82) is 0 Å². The molecular formula is C16H18FN3O3. The van der Waals surface area contributed by atoms with Crippen LogP contribution in [0.5, 0.6) is 0 Å². The number of halogens is 1. The summed E-state index contributed by atoms with van der Waals surface area (Å²) in [5.74, 6) is -0.682. The minimum absolute atomic E-state index is 0.0743. The number of amides is 1. The van der Waals surface area contributed by atoms with Gasteiger partial charge in [0.2, 0.25) is 5.76 Å². The number of rotatable bonds is 5. The number of nitrogens with zero attached hydrogens (tertiary/aromatic N) is 2. The number of carbonyl (C=O) groups excluding carboxylic acids is 1. The molecule has 0 aliphatic carbocycles. The summed E-state index contributed by atoms with van der Waals surface area (Å²) in [6.07, 6.45) is 0. The first-order valence-corrected chi connectivity index (χ1v) is 7.54. The van der Waals surface area contributed by atoms with Crippen molar-refractivity contribution in [3.8, 4) is 11.3 Å². The van der Waals surface area contributed by atoms with Crippen LogP contribution >= 0.6 is 0 Å². The zero-order chi connectivity index (χ0) is 16.1. The number of nitrogens with one attached hydrogen (secondary N) is 1. The van der Waals surface area contributed by atoms with Crippen LogP contribution in [0.15, 0.2) is 34.9 Å². The van der Waals surface area contributed by atoms with Crippen LogP contribution in [0.2, 0.25) is 0 Å². The van der Waals surface area contributed by atoms with E-state index in [1.54, 1.807) is 18.2 Å². The zero-order valence-electron chi connectivity index (χ0n) is 12.6. The lowest BCUT2D eigenvalue weighted by Crippen LogP contribution is -2.41. The van der Waals surface area contributed by atoms with Gasteiger partial charge in [0.05, 0.1) is 13.2 Å². The summed E-state index contributed by atoms with van der Waals surface area (Å²) in [7, 11) is 0. The Bertz CT molecular complexity index is 668. The molecule has 3 rings (SSSR count). The SMILES string of the molecule is O=C(NCCN1CCOCC1)c1cc(-c2ccccc2F)no1. The molecule has 1 aromatic heterocycles. The van der Waals surface area contributed by atoms with Gasteiger partial charge in [-0.1, -0.05) is 17.3 Å². The Hall–Kier alpha value is -2.25. The molecule has 0 unspecified atom stereocenters. The van der Waals surface area contributed by atoms with Crippen LogP contribution in [-0.4, -0.2) is 55.4 Å². The molecule has 122 valence electrons. The van der Waals surface area contributed by atoms with E-state index < -0.39 is 5.82 Å².